The van der Waals surface area contributed by atoms with E-state index < -0.39 is 0 Å². The maximum atomic E-state index is 5.00. The van der Waals surface area contributed by atoms with Gasteiger partial charge in [0.25, 0.3) is 0 Å². The summed E-state index contributed by atoms with van der Waals surface area (Å²) < 4.78 is 0. The van der Waals surface area contributed by atoms with Crippen molar-refractivity contribution in [3.05, 3.63) is 128 Å². The van der Waals surface area contributed by atoms with Gasteiger partial charge in [0.05, 0.1) is 28.3 Å². The largest absolute Gasteiger partial charge is 0.264 e. The minimum absolute atomic E-state index is 0.838. The quantitative estimate of drug-likeness (QED) is 0.239. The number of nitrogens with zero attached hydrogens (tertiary/aromatic N) is 5. The van der Waals surface area contributed by atoms with Gasteiger partial charge in [0.1, 0.15) is 0 Å². The van der Waals surface area contributed by atoms with Gasteiger partial charge < -0.3 is 0 Å². The van der Waals surface area contributed by atoms with Gasteiger partial charge in [-0.1, -0.05) is 48.5 Å². The predicted molar refractivity (Wildman–Crippen MR) is 152 cm³/mol. The first-order valence-corrected chi connectivity index (χ1v) is 12.4. The fourth-order valence-corrected chi connectivity index (χ4v) is 4.83. The number of hydrogen-bond donors (Lipinski definition) is 0. The molecule has 0 fully saturated rings. The van der Waals surface area contributed by atoms with Crippen LogP contribution in [0, 0.1) is 0 Å². The lowest BCUT2D eigenvalue weighted by Gasteiger charge is -2.11. The van der Waals surface area contributed by atoms with E-state index in [1.165, 1.54) is 5.39 Å². The highest BCUT2D eigenvalue weighted by Gasteiger charge is 2.13. The smallest absolute Gasteiger partial charge is 0.0972 e. The first kappa shape index (κ1) is 21.9. The standard InChI is InChI=1S/C33H21N5/c1-2-11-28-26(9-1)27-10-3-4-12-29(27)38-33(28)30-14-13-22(21-36-30)25-17-31(23-7-5-15-34-19-23)37-32(18-25)24-8-6-16-35-20-24/h1-21H. The Morgan fingerprint density at radius 1 is 0.421 bits per heavy atom. The van der Waals surface area contributed by atoms with E-state index in [2.05, 4.69) is 64.6 Å². The summed E-state index contributed by atoms with van der Waals surface area (Å²) in [6.07, 6.45) is 9.11. The third kappa shape index (κ3) is 3.96. The molecule has 0 N–H and O–H groups in total. The van der Waals surface area contributed by atoms with E-state index >= 15 is 0 Å². The fourth-order valence-electron chi connectivity index (χ4n) is 4.83. The number of pyridine rings is 5. The Kier molecular flexibility index (Phi) is 5.37. The number of hydrogen-bond acceptors (Lipinski definition) is 5. The van der Waals surface area contributed by atoms with Crippen molar-refractivity contribution >= 4 is 21.7 Å². The zero-order valence-corrected chi connectivity index (χ0v) is 20.4. The summed E-state index contributed by atoms with van der Waals surface area (Å²) >= 11 is 0. The maximum absolute atomic E-state index is 5.00. The van der Waals surface area contributed by atoms with Gasteiger partial charge in [0.15, 0.2) is 0 Å². The van der Waals surface area contributed by atoms with Crippen LogP contribution in [0.25, 0.3) is 66.7 Å². The summed E-state index contributed by atoms with van der Waals surface area (Å²) in [7, 11) is 0. The van der Waals surface area contributed by atoms with Crippen LogP contribution in [-0.2, 0) is 0 Å². The van der Waals surface area contributed by atoms with E-state index in [9.17, 15) is 0 Å². The molecule has 0 saturated heterocycles. The Morgan fingerprint density at radius 2 is 1.08 bits per heavy atom. The normalized spacial score (nSPS) is 11.2. The van der Waals surface area contributed by atoms with E-state index in [0.717, 1.165) is 61.3 Å². The highest BCUT2D eigenvalue weighted by atomic mass is 14.8. The Morgan fingerprint density at radius 3 is 1.71 bits per heavy atom. The van der Waals surface area contributed by atoms with Crippen LogP contribution in [0.5, 0.6) is 0 Å². The van der Waals surface area contributed by atoms with E-state index in [0.29, 0.717) is 0 Å². The third-order valence-corrected chi connectivity index (χ3v) is 6.69. The first-order valence-electron chi connectivity index (χ1n) is 12.4. The average Bonchev–Trinajstić information content (AvgIpc) is 3.01. The second-order valence-electron chi connectivity index (χ2n) is 9.06. The van der Waals surface area contributed by atoms with Crippen molar-refractivity contribution < 1.29 is 0 Å². The van der Waals surface area contributed by atoms with Gasteiger partial charge >= 0.3 is 0 Å². The molecule has 0 aliphatic carbocycles. The Labute approximate surface area is 219 Å². The minimum Gasteiger partial charge on any atom is -0.264 e. The number of para-hydroxylation sites is 1. The molecule has 178 valence electrons. The van der Waals surface area contributed by atoms with Gasteiger partial charge in [-0.15, -0.1) is 0 Å². The van der Waals surface area contributed by atoms with Crippen molar-refractivity contribution in [2.24, 2.45) is 0 Å². The van der Waals surface area contributed by atoms with Crippen molar-refractivity contribution in [1.82, 2.24) is 24.9 Å². The SMILES string of the molecule is c1cncc(-c2cc(-c3ccc(-c4nc5ccccc5c5ccccc45)nc3)cc(-c3cccnc3)n2)c1. The monoisotopic (exact) mass is 487 g/mol. The molecule has 0 unspecified atom stereocenters. The third-order valence-electron chi connectivity index (χ3n) is 6.69. The summed E-state index contributed by atoms with van der Waals surface area (Å²) in [5.41, 5.74) is 8.30. The molecule has 0 aliphatic heterocycles. The van der Waals surface area contributed by atoms with E-state index in [1.807, 2.05) is 61.1 Å². The number of rotatable bonds is 4. The number of aromatic nitrogens is 5. The topological polar surface area (TPSA) is 64.5 Å². The summed E-state index contributed by atoms with van der Waals surface area (Å²) in [5.74, 6) is 0. The zero-order chi connectivity index (χ0) is 25.3. The van der Waals surface area contributed by atoms with Crippen LogP contribution in [0.15, 0.2) is 128 Å². The molecule has 0 atom stereocenters. The number of benzene rings is 2. The van der Waals surface area contributed by atoms with Crippen LogP contribution >= 0.6 is 0 Å². The molecule has 0 bridgehead atoms. The second kappa shape index (κ2) is 9.30. The minimum atomic E-state index is 0.838. The summed E-state index contributed by atoms with van der Waals surface area (Å²) in [6.45, 7) is 0. The molecular weight excluding hydrogens is 466 g/mol. The van der Waals surface area contributed by atoms with Crippen LogP contribution in [0.1, 0.15) is 0 Å². The van der Waals surface area contributed by atoms with Crippen molar-refractivity contribution in [3.8, 4) is 45.0 Å². The molecule has 7 rings (SSSR count). The lowest BCUT2D eigenvalue weighted by atomic mass is 10.0. The van der Waals surface area contributed by atoms with Gasteiger partial charge in [-0.25, -0.2) is 9.97 Å². The molecule has 0 radical (unpaired) electrons. The second-order valence-corrected chi connectivity index (χ2v) is 9.06. The van der Waals surface area contributed by atoms with Gasteiger partial charge in [0.2, 0.25) is 0 Å². The first-order chi connectivity index (χ1) is 18.8. The molecule has 7 aromatic rings. The molecule has 0 amide bonds. The predicted octanol–water partition coefficient (Wildman–Crippen LogP) is 7.64. The average molecular weight is 488 g/mol. The molecule has 5 heterocycles. The molecule has 38 heavy (non-hydrogen) atoms. The van der Waals surface area contributed by atoms with Gasteiger partial charge in [-0.3, -0.25) is 15.0 Å². The molecule has 0 aliphatic rings. The maximum Gasteiger partial charge on any atom is 0.0972 e. The zero-order valence-electron chi connectivity index (χ0n) is 20.4. The summed E-state index contributed by atoms with van der Waals surface area (Å²) in [6, 6.07) is 32.8. The Balaban J connectivity index is 1.35. The lowest BCUT2D eigenvalue weighted by Crippen LogP contribution is -1.94. The molecule has 5 aromatic heterocycles. The van der Waals surface area contributed by atoms with E-state index in [1.54, 1.807) is 12.4 Å². The van der Waals surface area contributed by atoms with Crippen molar-refractivity contribution in [2.45, 2.75) is 0 Å². The highest BCUT2D eigenvalue weighted by molar-refractivity contribution is 6.10. The fraction of sp³-hybridized carbons (Fsp3) is 0. The van der Waals surface area contributed by atoms with Crippen molar-refractivity contribution in [2.75, 3.05) is 0 Å². The highest BCUT2D eigenvalue weighted by Crippen LogP contribution is 2.33. The van der Waals surface area contributed by atoms with E-state index in [-0.39, 0.29) is 0 Å². The van der Waals surface area contributed by atoms with Crippen LogP contribution in [-0.4, -0.2) is 24.9 Å². The van der Waals surface area contributed by atoms with Crippen LogP contribution in [0.2, 0.25) is 0 Å². The van der Waals surface area contributed by atoms with Gasteiger partial charge in [-0.05, 0) is 59.5 Å². The summed E-state index contributed by atoms with van der Waals surface area (Å²) in [5, 5.41) is 3.41. The molecule has 5 nitrogen and oxygen atoms in total. The molecule has 5 heteroatoms. The molecule has 0 spiro atoms. The Hall–Kier alpha value is -5.29. The van der Waals surface area contributed by atoms with Crippen molar-refractivity contribution in [3.63, 3.8) is 0 Å². The molecule has 2 aromatic carbocycles. The summed E-state index contributed by atoms with van der Waals surface area (Å²) in [4.78, 5) is 23.4. The molecular formula is C33H21N5. The molecule has 0 saturated carbocycles. The number of fused-ring (bicyclic) bond motifs is 3. The van der Waals surface area contributed by atoms with Crippen molar-refractivity contribution in [1.29, 1.82) is 0 Å². The van der Waals surface area contributed by atoms with E-state index in [4.69, 9.17) is 15.0 Å². The Bertz CT molecular complexity index is 1840. The van der Waals surface area contributed by atoms with Gasteiger partial charge in [0, 0.05) is 58.4 Å². The van der Waals surface area contributed by atoms with Crippen LogP contribution < -0.4 is 0 Å². The van der Waals surface area contributed by atoms with Gasteiger partial charge in [-0.2, -0.15) is 0 Å². The van der Waals surface area contributed by atoms with Crippen LogP contribution in [0.3, 0.4) is 0 Å². The van der Waals surface area contributed by atoms with Crippen LogP contribution in [0.4, 0.5) is 0 Å². The lowest BCUT2D eigenvalue weighted by molar-refractivity contribution is 1.25.